The Kier molecular flexibility index (Phi) is 5.77. The van der Waals surface area contributed by atoms with Crippen molar-refractivity contribution in [1.29, 1.82) is 0 Å². The molecule has 1 N–H and O–H groups in total. The molecule has 0 fully saturated rings. The van der Waals surface area contributed by atoms with Crippen LogP contribution in [0.3, 0.4) is 0 Å². The molecule has 0 aromatic heterocycles. The van der Waals surface area contributed by atoms with Gasteiger partial charge in [-0.25, -0.2) is 5.43 Å². The van der Waals surface area contributed by atoms with E-state index in [2.05, 4.69) is 19.3 Å². The summed E-state index contributed by atoms with van der Waals surface area (Å²) >= 11 is 0. The van der Waals surface area contributed by atoms with E-state index < -0.39 is 0 Å². The fourth-order valence-corrected chi connectivity index (χ4v) is 1.23. The van der Waals surface area contributed by atoms with Gasteiger partial charge in [0.2, 0.25) is 5.91 Å². The molecule has 0 heterocycles. The van der Waals surface area contributed by atoms with Crippen molar-refractivity contribution in [3.63, 3.8) is 0 Å². The molecule has 0 saturated heterocycles. The summed E-state index contributed by atoms with van der Waals surface area (Å²) in [6.45, 7) is 12.2. The summed E-state index contributed by atoms with van der Waals surface area (Å²) in [6, 6.07) is 0.511. The molecule has 3 nitrogen and oxygen atoms in total. The van der Waals surface area contributed by atoms with E-state index in [0.717, 1.165) is 0 Å². The Morgan fingerprint density at radius 3 is 1.93 bits per heavy atom. The van der Waals surface area contributed by atoms with E-state index in [-0.39, 0.29) is 11.9 Å². The standard InChI is InChI=1S/C11H24N2O/c1-8(2)7-11(14)13(10(5)6)12-9(3)4/h8-10,12H,7H2,1-6H3. The minimum absolute atomic E-state index is 0.184. The molecule has 0 rings (SSSR count). The van der Waals surface area contributed by atoms with Crippen molar-refractivity contribution in [2.75, 3.05) is 0 Å². The van der Waals surface area contributed by atoms with Crippen LogP contribution in [-0.4, -0.2) is 23.0 Å². The van der Waals surface area contributed by atoms with Crippen LogP contribution in [0.15, 0.2) is 0 Å². The van der Waals surface area contributed by atoms with Crippen molar-refractivity contribution in [2.45, 2.75) is 60.0 Å². The molecule has 3 heteroatoms. The highest BCUT2D eigenvalue weighted by atomic mass is 16.2. The van der Waals surface area contributed by atoms with E-state index in [1.54, 1.807) is 5.01 Å². The fraction of sp³-hybridized carbons (Fsp3) is 0.909. The van der Waals surface area contributed by atoms with Crippen molar-refractivity contribution in [3.8, 4) is 0 Å². The van der Waals surface area contributed by atoms with Crippen molar-refractivity contribution >= 4 is 5.91 Å². The van der Waals surface area contributed by atoms with Gasteiger partial charge in [0, 0.05) is 18.5 Å². The zero-order valence-electron chi connectivity index (χ0n) is 10.3. The summed E-state index contributed by atoms with van der Waals surface area (Å²) in [5.41, 5.74) is 3.17. The number of carbonyl (C=O) groups excluding carboxylic acids is 1. The Morgan fingerprint density at radius 2 is 1.64 bits per heavy atom. The molecule has 0 aromatic carbocycles. The third-order valence-corrected chi connectivity index (χ3v) is 1.77. The van der Waals surface area contributed by atoms with Crippen LogP contribution in [0.2, 0.25) is 0 Å². The zero-order chi connectivity index (χ0) is 11.3. The number of hydrazine groups is 1. The molecule has 84 valence electrons. The molecule has 0 bridgehead atoms. The SMILES string of the molecule is CC(C)CC(=O)N(NC(C)C)C(C)C. The number of carbonyl (C=O) groups is 1. The van der Waals surface area contributed by atoms with Gasteiger partial charge in [-0.2, -0.15) is 0 Å². The predicted molar refractivity (Wildman–Crippen MR) is 59.7 cm³/mol. The molecular weight excluding hydrogens is 176 g/mol. The van der Waals surface area contributed by atoms with Crippen LogP contribution in [0, 0.1) is 5.92 Å². The van der Waals surface area contributed by atoms with Crippen LogP contribution in [-0.2, 0) is 4.79 Å². The summed E-state index contributed by atoms with van der Waals surface area (Å²) < 4.78 is 0. The van der Waals surface area contributed by atoms with Crippen LogP contribution in [0.5, 0.6) is 0 Å². The molecule has 0 aliphatic carbocycles. The average Bonchev–Trinajstić information content (AvgIpc) is 1.97. The molecule has 0 aliphatic heterocycles. The van der Waals surface area contributed by atoms with Gasteiger partial charge in [0.15, 0.2) is 0 Å². The van der Waals surface area contributed by atoms with Gasteiger partial charge in [-0.05, 0) is 33.6 Å². The topological polar surface area (TPSA) is 32.3 Å². The Balaban J connectivity index is 4.26. The van der Waals surface area contributed by atoms with Crippen LogP contribution >= 0.6 is 0 Å². The number of nitrogens with one attached hydrogen (secondary N) is 1. The minimum Gasteiger partial charge on any atom is -0.275 e. The van der Waals surface area contributed by atoms with Crippen molar-refractivity contribution < 1.29 is 4.79 Å². The summed E-state index contributed by atoms with van der Waals surface area (Å²) in [4.78, 5) is 11.8. The van der Waals surface area contributed by atoms with Gasteiger partial charge < -0.3 is 0 Å². The number of nitrogens with zero attached hydrogens (tertiary/aromatic N) is 1. The maximum atomic E-state index is 11.8. The molecule has 0 spiro atoms. The predicted octanol–water partition coefficient (Wildman–Crippen LogP) is 2.18. The molecule has 14 heavy (non-hydrogen) atoms. The lowest BCUT2D eigenvalue weighted by molar-refractivity contribution is -0.138. The van der Waals surface area contributed by atoms with Crippen LogP contribution in [0.4, 0.5) is 0 Å². The second-order valence-electron chi connectivity index (χ2n) is 4.74. The highest BCUT2D eigenvalue weighted by Crippen LogP contribution is 2.06. The van der Waals surface area contributed by atoms with E-state index >= 15 is 0 Å². The van der Waals surface area contributed by atoms with Crippen molar-refractivity contribution in [2.24, 2.45) is 5.92 Å². The molecule has 0 aliphatic rings. The fourth-order valence-electron chi connectivity index (χ4n) is 1.23. The molecule has 0 atom stereocenters. The number of hydrogen-bond donors (Lipinski definition) is 1. The normalized spacial score (nSPS) is 11.5. The van der Waals surface area contributed by atoms with Gasteiger partial charge in [-0.15, -0.1) is 0 Å². The lowest BCUT2D eigenvalue weighted by Gasteiger charge is -2.30. The van der Waals surface area contributed by atoms with E-state index in [1.165, 1.54) is 0 Å². The van der Waals surface area contributed by atoms with Gasteiger partial charge in [0.1, 0.15) is 0 Å². The van der Waals surface area contributed by atoms with Gasteiger partial charge in [-0.1, -0.05) is 13.8 Å². The first-order chi connectivity index (χ1) is 6.34. The second kappa shape index (κ2) is 6.02. The Hall–Kier alpha value is -0.570. The maximum absolute atomic E-state index is 11.8. The van der Waals surface area contributed by atoms with Gasteiger partial charge in [-0.3, -0.25) is 9.80 Å². The molecule has 0 unspecified atom stereocenters. The molecule has 1 amide bonds. The average molecular weight is 200 g/mol. The van der Waals surface area contributed by atoms with E-state index in [1.807, 2.05) is 27.7 Å². The maximum Gasteiger partial charge on any atom is 0.237 e. The van der Waals surface area contributed by atoms with Gasteiger partial charge >= 0.3 is 0 Å². The monoisotopic (exact) mass is 200 g/mol. The lowest BCUT2D eigenvalue weighted by Crippen LogP contribution is -2.50. The smallest absolute Gasteiger partial charge is 0.237 e. The van der Waals surface area contributed by atoms with Crippen LogP contribution in [0.25, 0.3) is 0 Å². The number of rotatable bonds is 5. The quantitative estimate of drug-likeness (QED) is 0.690. The van der Waals surface area contributed by atoms with Crippen molar-refractivity contribution in [1.82, 2.24) is 10.4 Å². The zero-order valence-corrected chi connectivity index (χ0v) is 10.3. The summed E-state index contributed by atoms with van der Waals surface area (Å²) in [5, 5.41) is 1.74. The van der Waals surface area contributed by atoms with Crippen molar-refractivity contribution in [3.05, 3.63) is 0 Å². The van der Waals surface area contributed by atoms with E-state index in [0.29, 0.717) is 18.4 Å². The van der Waals surface area contributed by atoms with Crippen LogP contribution in [0.1, 0.15) is 48.0 Å². The molecule has 0 aromatic rings. The minimum atomic E-state index is 0.184. The third kappa shape index (κ3) is 5.22. The first-order valence-corrected chi connectivity index (χ1v) is 5.42. The van der Waals surface area contributed by atoms with Gasteiger partial charge in [0.25, 0.3) is 0 Å². The number of amides is 1. The van der Waals surface area contributed by atoms with E-state index in [9.17, 15) is 4.79 Å². The molecular formula is C11H24N2O. The Morgan fingerprint density at radius 1 is 1.14 bits per heavy atom. The van der Waals surface area contributed by atoms with Gasteiger partial charge in [0.05, 0.1) is 0 Å². The van der Waals surface area contributed by atoms with E-state index in [4.69, 9.17) is 0 Å². The summed E-state index contributed by atoms with van der Waals surface area (Å²) in [7, 11) is 0. The summed E-state index contributed by atoms with van der Waals surface area (Å²) in [6.07, 6.45) is 0.609. The Labute approximate surface area is 87.8 Å². The second-order valence-corrected chi connectivity index (χ2v) is 4.74. The largest absolute Gasteiger partial charge is 0.275 e. The third-order valence-electron chi connectivity index (χ3n) is 1.77. The lowest BCUT2D eigenvalue weighted by atomic mass is 10.1. The first kappa shape index (κ1) is 13.4. The molecule has 0 saturated carbocycles. The highest BCUT2D eigenvalue weighted by molar-refractivity contribution is 5.76. The first-order valence-electron chi connectivity index (χ1n) is 5.42. The van der Waals surface area contributed by atoms with Crippen LogP contribution < -0.4 is 5.43 Å². The summed E-state index contributed by atoms with van der Waals surface area (Å²) in [5.74, 6) is 0.599. The highest BCUT2D eigenvalue weighted by Gasteiger charge is 2.18. The Bertz CT molecular complexity index is 176. The number of hydrogen-bond acceptors (Lipinski definition) is 2. The molecule has 0 radical (unpaired) electrons.